The standard InChI is InChI=1S/C20H36N2O4/c1-14(2)16(23)13-20(7,8)26-12-11-19(5,6)22-18(25)10-9-17(24)21-15(3)4/h9-10,14-15H,11-13H2,1-8H3,(H,21,24)(H,22,25)/b10-9+. The predicted octanol–water partition coefficient (Wildman–Crippen LogP) is 2.76. The second-order valence-corrected chi connectivity index (χ2v) is 8.53. The highest BCUT2D eigenvalue weighted by molar-refractivity contribution is 5.97. The topological polar surface area (TPSA) is 84.5 Å². The third-order valence-electron chi connectivity index (χ3n) is 3.74. The molecule has 0 aliphatic rings. The Bertz CT molecular complexity index is 520. The van der Waals surface area contributed by atoms with E-state index in [1.54, 1.807) is 0 Å². The number of hydrogen-bond acceptors (Lipinski definition) is 4. The van der Waals surface area contributed by atoms with E-state index < -0.39 is 11.1 Å². The Balaban J connectivity index is 4.40. The molecule has 26 heavy (non-hydrogen) atoms. The summed E-state index contributed by atoms with van der Waals surface area (Å²) < 4.78 is 5.86. The fraction of sp³-hybridized carbons (Fsp3) is 0.750. The molecule has 6 heteroatoms. The Hall–Kier alpha value is -1.69. The van der Waals surface area contributed by atoms with Gasteiger partial charge in [-0.1, -0.05) is 13.8 Å². The fourth-order valence-corrected chi connectivity index (χ4v) is 2.18. The maximum absolute atomic E-state index is 12.0. The van der Waals surface area contributed by atoms with Gasteiger partial charge in [-0.3, -0.25) is 14.4 Å². The smallest absolute Gasteiger partial charge is 0.244 e. The van der Waals surface area contributed by atoms with Crippen LogP contribution in [0.25, 0.3) is 0 Å². The average Bonchev–Trinajstić information content (AvgIpc) is 2.42. The van der Waals surface area contributed by atoms with Crippen LogP contribution in [0.2, 0.25) is 0 Å². The lowest BCUT2D eigenvalue weighted by Gasteiger charge is -2.30. The van der Waals surface area contributed by atoms with E-state index in [1.807, 2.05) is 55.4 Å². The zero-order chi connectivity index (χ0) is 20.5. The van der Waals surface area contributed by atoms with Gasteiger partial charge in [-0.05, 0) is 48.0 Å². The average molecular weight is 369 g/mol. The Kier molecular flexibility index (Phi) is 9.78. The van der Waals surface area contributed by atoms with Crippen LogP contribution in [0, 0.1) is 5.92 Å². The lowest BCUT2D eigenvalue weighted by molar-refractivity contribution is -0.128. The summed E-state index contributed by atoms with van der Waals surface area (Å²) in [5.74, 6) is -0.461. The van der Waals surface area contributed by atoms with Crippen LogP contribution in [0.15, 0.2) is 12.2 Å². The van der Waals surface area contributed by atoms with E-state index in [0.29, 0.717) is 19.4 Å². The quantitative estimate of drug-likeness (QED) is 0.549. The highest BCUT2D eigenvalue weighted by Gasteiger charge is 2.26. The van der Waals surface area contributed by atoms with E-state index in [0.717, 1.165) is 0 Å². The van der Waals surface area contributed by atoms with Gasteiger partial charge >= 0.3 is 0 Å². The first-order chi connectivity index (χ1) is 11.7. The maximum atomic E-state index is 12.0. The predicted molar refractivity (Wildman–Crippen MR) is 104 cm³/mol. The van der Waals surface area contributed by atoms with Crippen LogP contribution in [0.3, 0.4) is 0 Å². The molecule has 2 amide bonds. The van der Waals surface area contributed by atoms with Crippen molar-refractivity contribution in [2.45, 2.75) is 85.4 Å². The van der Waals surface area contributed by atoms with Crippen LogP contribution < -0.4 is 10.6 Å². The molecule has 0 aliphatic heterocycles. The number of ether oxygens (including phenoxy) is 1. The molecule has 0 aliphatic carbocycles. The Morgan fingerprint density at radius 3 is 2.00 bits per heavy atom. The number of carbonyl (C=O) groups excluding carboxylic acids is 3. The molecule has 150 valence electrons. The SMILES string of the molecule is CC(C)NC(=O)/C=C/C(=O)NC(C)(C)CCOC(C)(C)CC(=O)C(C)C. The van der Waals surface area contributed by atoms with Gasteiger partial charge < -0.3 is 15.4 Å². The number of carbonyl (C=O) groups is 3. The molecule has 0 spiro atoms. The van der Waals surface area contributed by atoms with Crippen molar-refractivity contribution >= 4 is 17.6 Å². The van der Waals surface area contributed by atoms with Gasteiger partial charge in [0.15, 0.2) is 0 Å². The molecule has 0 radical (unpaired) electrons. The van der Waals surface area contributed by atoms with Gasteiger partial charge in [0.2, 0.25) is 11.8 Å². The van der Waals surface area contributed by atoms with Crippen molar-refractivity contribution in [1.82, 2.24) is 10.6 Å². The van der Waals surface area contributed by atoms with E-state index in [2.05, 4.69) is 10.6 Å². The summed E-state index contributed by atoms with van der Waals surface area (Å²) in [4.78, 5) is 35.4. The lowest BCUT2D eigenvalue weighted by Crippen LogP contribution is -2.44. The molecule has 0 atom stereocenters. The Morgan fingerprint density at radius 2 is 1.50 bits per heavy atom. The third-order valence-corrected chi connectivity index (χ3v) is 3.74. The maximum Gasteiger partial charge on any atom is 0.244 e. The van der Waals surface area contributed by atoms with Crippen molar-refractivity contribution in [2.24, 2.45) is 5.92 Å². The van der Waals surface area contributed by atoms with E-state index in [1.165, 1.54) is 12.2 Å². The second-order valence-electron chi connectivity index (χ2n) is 8.53. The molecule has 0 rings (SSSR count). The van der Waals surface area contributed by atoms with Gasteiger partial charge in [-0.25, -0.2) is 0 Å². The molecule has 0 bridgehead atoms. The minimum atomic E-state index is -0.531. The fourth-order valence-electron chi connectivity index (χ4n) is 2.18. The van der Waals surface area contributed by atoms with Crippen LogP contribution in [-0.4, -0.2) is 41.4 Å². The largest absolute Gasteiger partial charge is 0.375 e. The highest BCUT2D eigenvalue weighted by Crippen LogP contribution is 2.19. The zero-order valence-electron chi connectivity index (χ0n) is 17.6. The van der Waals surface area contributed by atoms with Crippen molar-refractivity contribution in [3.63, 3.8) is 0 Å². The van der Waals surface area contributed by atoms with Gasteiger partial charge in [0.1, 0.15) is 5.78 Å². The van der Waals surface area contributed by atoms with Crippen LogP contribution >= 0.6 is 0 Å². The van der Waals surface area contributed by atoms with Crippen LogP contribution in [0.4, 0.5) is 0 Å². The first-order valence-electron chi connectivity index (χ1n) is 9.21. The summed E-state index contributed by atoms with van der Waals surface area (Å²) in [6, 6.07) is 0.0229. The zero-order valence-corrected chi connectivity index (χ0v) is 17.6. The number of ketones is 1. The molecule has 0 aromatic rings. The van der Waals surface area contributed by atoms with Gasteiger partial charge in [0.25, 0.3) is 0 Å². The number of amides is 2. The molecular formula is C20H36N2O4. The van der Waals surface area contributed by atoms with Gasteiger partial charge in [-0.2, -0.15) is 0 Å². The molecule has 6 nitrogen and oxygen atoms in total. The molecule has 0 aromatic heterocycles. The van der Waals surface area contributed by atoms with E-state index >= 15 is 0 Å². The molecular weight excluding hydrogens is 332 g/mol. The molecule has 0 fully saturated rings. The molecule has 0 heterocycles. The number of hydrogen-bond donors (Lipinski definition) is 2. The summed E-state index contributed by atoms with van der Waals surface area (Å²) in [6.07, 6.45) is 3.41. The molecule has 0 aromatic carbocycles. The van der Waals surface area contributed by atoms with Crippen molar-refractivity contribution in [3.8, 4) is 0 Å². The molecule has 0 unspecified atom stereocenters. The summed E-state index contributed by atoms with van der Waals surface area (Å²) in [7, 11) is 0. The van der Waals surface area contributed by atoms with Gasteiger partial charge in [0.05, 0.1) is 5.60 Å². The highest BCUT2D eigenvalue weighted by atomic mass is 16.5. The van der Waals surface area contributed by atoms with Crippen LogP contribution in [-0.2, 0) is 19.1 Å². The van der Waals surface area contributed by atoms with Crippen LogP contribution in [0.5, 0.6) is 0 Å². The van der Waals surface area contributed by atoms with E-state index in [4.69, 9.17) is 4.74 Å². The minimum absolute atomic E-state index is 0.00622. The van der Waals surface area contributed by atoms with Crippen LogP contribution in [0.1, 0.15) is 68.2 Å². The summed E-state index contributed by atoms with van der Waals surface area (Å²) >= 11 is 0. The number of rotatable bonds is 11. The molecule has 0 saturated heterocycles. The van der Waals surface area contributed by atoms with Crippen molar-refractivity contribution < 1.29 is 19.1 Å². The van der Waals surface area contributed by atoms with E-state index in [9.17, 15) is 14.4 Å². The normalized spacial score (nSPS) is 12.7. The van der Waals surface area contributed by atoms with Gasteiger partial charge in [-0.15, -0.1) is 0 Å². The Labute approximate surface area is 158 Å². The van der Waals surface area contributed by atoms with Crippen molar-refractivity contribution in [1.29, 1.82) is 0 Å². The van der Waals surface area contributed by atoms with Gasteiger partial charge in [0, 0.05) is 42.7 Å². The molecule has 0 saturated carbocycles. The summed E-state index contributed by atoms with van der Waals surface area (Å²) in [6.45, 7) is 15.5. The third kappa shape index (κ3) is 11.8. The number of nitrogens with one attached hydrogen (secondary N) is 2. The summed E-state index contributed by atoms with van der Waals surface area (Å²) in [5.41, 5.74) is -1.02. The lowest BCUT2D eigenvalue weighted by atomic mass is 9.95. The second kappa shape index (κ2) is 10.5. The Morgan fingerprint density at radius 1 is 0.962 bits per heavy atom. The van der Waals surface area contributed by atoms with Crippen molar-refractivity contribution in [3.05, 3.63) is 12.2 Å². The monoisotopic (exact) mass is 368 g/mol. The number of Topliss-reactive ketones (excluding diaryl/α,β-unsaturated/α-hetero) is 1. The minimum Gasteiger partial charge on any atom is -0.375 e. The van der Waals surface area contributed by atoms with E-state index in [-0.39, 0.29) is 29.6 Å². The molecule has 2 N–H and O–H groups in total. The first kappa shape index (κ1) is 24.3. The summed E-state index contributed by atoms with van der Waals surface area (Å²) in [5, 5.41) is 5.54. The van der Waals surface area contributed by atoms with Crippen molar-refractivity contribution in [2.75, 3.05) is 6.61 Å². The first-order valence-corrected chi connectivity index (χ1v) is 9.21.